The molecule has 0 amide bonds. The normalized spacial score (nSPS) is 10.1. The molecule has 0 fully saturated rings. The highest BCUT2D eigenvalue weighted by atomic mass is 32.1. The second-order valence-corrected chi connectivity index (χ2v) is 2.70. The van der Waals surface area contributed by atoms with E-state index in [0.717, 1.165) is 0 Å². The summed E-state index contributed by atoms with van der Waals surface area (Å²) in [7, 11) is 1.34. The summed E-state index contributed by atoms with van der Waals surface area (Å²) in [6, 6.07) is 6.93. The van der Waals surface area contributed by atoms with Crippen LogP contribution in [0.2, 0.25) is 0 Å². The number of aliphatic imine (C=N–C) groups is 1. The molecule has 0 unspecified atom stereocenters. The standard InChI is InChI=1S/C10H9NO2S/c1-13-10(12)8-4-2-3-5-9(8)11-6-7-14/h2-7H,1H3. The predicted octanol–water partition coefficient (Wildman–Crippen LogP) is 2.18. The van der Waals surface area contributed by atoms with Gasteiger partial charge in [-0.25, -0.2) is 4.79 Å². The molecule has 0 aliphatic heterocycles. The molecule has 0 aliphatic rings. The van der Waals surface area contributed by atoms with Gasteiger partial charge in [-0.15, -0.1) is 0 Å². The van der Waals surface area contributed by atoms with Crippen molar-refractivity contribution < 1.29 is 9.53 Å². The Hall–Kier alpha value is -1.55. The summed E-state index contributed by atoms with van der Waals surface area (Å²) in [5.74, 6) is -0.401. The van der Waals surface area contributed by atoms with Gasteiger partial charge in [0.25, 0.3) is 0 Å². The molecule has 0 saturated heterocycles. The van der Waals surface area contributed by atoms with Gasteiger partial charge in [0, 0.05) is 11.6 Å². The van der Waals surface area contributed by atoms with Gasteiger partial charge >= 0.3 is 5.97 Å². The van der Waals surface area contributed by atoms with Gasteiger partial charge in [0.15, 0.2) is 0 Å². The molecule has 1 aromatic rings. The van der Waals surface area contributed by atoms with Gasteiger partial charge in [-0.1, -0.05) is 24.4 Å². The number of ether oxygens (including phenoxy) is 1. The minimum absolute atomic E-state index is 0.401. The maximum absolute atomic E-state index is 11.3. The van der Waals surface area contributed by atoms with Gasteiger partial charge in [-0.05, 0) is 12.1 Å². The molecule has 0 aromatic heterocycles. The lowest BCUT2D eigenvalue weighted by Crippen LogP contribution is -2.00. The number of benzene rings is 1. The largest absolute Gasteiger partial charge is 0.465 e. The number of hydrogen-bond donors (Lipinski definition) is 0. The van der Waals surface area contributed by atoms with Gasteiger partial charge in [-0.3, -0.25) is 4.99 Å². The summed E-state index contributed by atoms with van der Waals surface area (Å²) < 4.78 is 4.61. The molecule has 0 heterocycles. The summed E-state index contributed by atoms with van der Waals surface area (Å²) in [6.07, 6.45) is 1.46. The van der Waals surface area contributed by atoms with Crippen molar-refractivity contribution in [1.29, 1.82) is 0 Å². The molecule has 0 spiro atoms. The summed E-state index contributed by atoms with van der Waals surface area (Å²) in [5, 5.41) is 1.38. The van der Waals surface area contributed by atoms with Gasteiger partial charge < -0.3 is 4.74 Å². The summed E-state index contributed by atoms with van der Waals surface area (Å²) in [5.41, 5.74) is 0.989. The number of nitrogens with zero attached hydrogens (tertiary/aromatic N) is 1. The van der Waals surface area contributed by atoms with Crippen LogP contribution in [0.25, 0.3) is 0 Å². The number of hydrogen-bond acceptors (Lipinski definition) is 4. The number of esters is 1. The van der Waals surface area contributed by atoms with E-state index in [1.165, 1.54) is 18.7 Å². The van der Waals surface area contributed by atoms with Crippen molar-refractivity contribution in [2.45, 2.75) is 0 Å². The summed E-state index contributed by atoms with van der Waals surface area (Å²) in [4.78, 5) is 15.3. The van der Waals surface area contributed by atoms with E-state index >= 15 is 0 Å². The van der Waals surface area contributed by atoms with E-state index in [-0.39, 0.29) is 0 Å². The highest BCUT2D eigenvalue weighted by Crippen LogP contribution is 2.18. The Morgan fingerprint density at radius 2 is 2.21 bits per heavy atom. The Kier molecular flexibility index (Phi) is 3.94. The maximum atomic E-state index is 11.3. The average Bonchev–Trinajstić information content (AvgIpc) is 2.25. The van der Waals surface area contributed by atoms with Crippen molar-refractivity contribution in [3.8, 4) is 0 Å². The van der Waals surface area contributed by atoms with E-state index in [0.29, 0.717) is 11.3 Å². The molecule has 1 rings (SSSR count). The molecule has 0 saturated carbocycles. The predicted molar refractivity (Wildman–Crippen MR) is 59.6 cm³/mol. The zero-order chi connectivity index (χ0) is 10.4. The van der Waals surface area contributed by atoms with Crippen molar-refractivity contribution >= 4 is 35.5 Å². The topological polar surface area (TPSA) is 38.7 Å². The SMILES string of the molecule is COC(=O)c1ccccc1N=CC=S. The summed E-state index contributed by atoms with van der Waals surface area (Å²) in [6.45, 7) is 0. The zero-order valence-corrected chi connectivity index (χ0v) is 8.45. The lowest BCUT2D eigenvalue weighted by atomic mass is 10.2. The minimum atomic E-state index is -0.401. The first kappa shape index (κ1) is 10.5. The quantitative estimate of drug-likeness (QED) is 0.433. The fourth-order valence-electron chi connectivity index (χ4n) is 0.980. The van der Waals surface area contributed by atoms with Crippen molar-refractivity contribution in [2.75, 3.05) is 7.11 Å². The van der Waals surface area contributed by atoms with Crippen LogP contribution < -0.4 is 0 Å². The number of thiocarbonyl (C=S) groups is 1. The highest BCUT2D eigenvalue weighted by molar-refractivity contribution is 7.80. The monoisotopic (exact) mass is 207 g/mol. The van der Waals surface area contributed by atoms with Crippen molar-refractivity contribution in [3.63, 3.8) is 0 Å². The van der Waals surface area contributed by atoms with Gasteiger partial charge in [-0.2, -0.15) is 0 Å². The van der Waals surface area contributed by atoms with Crippen molar-refractivity contribution in [3.05, 3.63) is 29.8 Å². The lowest BCUT2D eigenvalue weighted by molar-refractivity contribution is 0.0602. The molecule has 0 radical (unpaired) electrons. The number of carbonyl (C=O) groups excluding carboxylic acids is 1. The van der Waals surface area contributed by atoms with Crippen molar-refractivity contribution in [1.82, 2.24) is 0 Å². The molecule has 0 N–H and O–H groups in total. The van der Waals surface area contributed by atoms with Crippen LogP contribution in [-0.4, -0.2) is 24.7 Å². The number of carbonyl (C=O) groups is 1. The number of rotatable bonds is 3. The number of para-hydroxylation sites is 1. The fourth-order valence-corrected chi connectivity index (χ4v) is 1.04. The van der Waals surface area contributed by atoms with Crippen LogP contribution in [0.5, 0.6) is 0 Å². The third-order valence-corrected chi connectivity index (χ3v) is 1.71. The molecule has 3 nitrogen and oxygen atoms in total. The first-order valence-electron chi connectivity index (χ1n) is 3.94. The molecular formula is C10H9NO2S. The first-order chi connectivity index (χ1) is 6.79. The Bertz CT molecular complexity index is 374. The van der Waals surface area contributed by atoms with E-state index in [9.17, 15) is 4.79 Å². The zero-order valence-electron chi connectivity index (χ0n) is 7.64. The Morgan fingerprint density at radius 3 is 2.86 bits per heavy atom. The third kappa shape index (κ3) is 2.47. The van der Waals surface area contributed by atoms with E-state index < -0.39 is 5.97 Å². The smallest absolute Gasteiger partial charge is 0.340 e. The molecule has 1 aromatic carbocycles. The first-order valence-corrected chi connectivity index (χ1v) is 4.42. The maximum Gasteiger partial charge on any atom is 0.340 e. The van der Waals surface area contributed by atoms with E-state index in [4.69, 9.17) is 0 Å². The van der Waals surface area contributed by atoms with Crippen molar-refractivity contribution in [2.24, 2.45) is 4.99 Å². The Morgan fingerprint density at radius 1 is 1.50 bits per heavy atom. The van der Waals surface area contributed by atoms with Gasteiger partial charge in [0.05, 0.1) is 18.4 Å². The van der Waals surface area contributed by atoms with Gasteiger partial charge in [0.2, 0.25) is 0 Å². The van der Waals surface area contributed by atoms with E-state index in [2.05, 4.69) is 21.9 Å². The number of methoxy groups -OCH3 is 1. The minimum Gasteiger partial charge on any atom is -0.465 e. The Balaban J connectivity index is 3.08. The molecular weight excluding hydrogens is 198 g/mol. The second-order valence-electron chi connectivity index (χ2n) is 2.42. The highest BCUT2D eigenvalue weighted by Gasteiger charge is 2.08. The molecule has 0 aliphatic carbocycles. The molecule has 72 valence electrons. The molecule has 0 atom stereocenters. The van der Waals surface area contributed by atoms with E-state index in [1.807, 2.05) is 0 Å². The third-order valence-electron chi connectivity index (χ3n) is 1.58. The fraction of sp³-hybridized carbons (Fsp3) is 0.100. The van der Waals surface area contributed by atoms with Crippen LogP contribution in [0.3, 0.4) is 0 Å². The van der Waals surface area contributed by atoms with Crippen LogP contribution in [0.1, 0.15) is 10.4 Å². The van der Waals surface area contributed by atoms with Crippen LogP contribution in [-0.2, 0) is 4.74 Å². The second kappa shape index (κ2) is 5.24. The van der Waals surface area contributed by atoms with Crippen LogP contribution in [0.4, 0.5) is 5.69 Å². The summed E-state index contributed by atoms with van der Waals surface area (Å²) >= 11 is 4.60. The molecule has 14 heavy (non-hydrogen) atoms. The van der Waals surface area contributed by atoms with Crippen LogP contribution in [0, 0.1) is 0 Å². The van der Waals surface area contributed by atoms with Gasteiger partial charge in [0.1, 0.15) is 0 Å². The van der Waals surface area contributed by atoms with E-state index in [1.54, 1.807) is 24.3 Å². The average molecular weight is 207 g/mol. The van der Waals surface area contributed by atoms with Crippen LogP contribution >= 0.6 is 12.2 Å². The van der Waals surface area contributed by atoms with Crippen LogP contribution in [0.15, 0.2) is 29.3 Å². The lowest BCUT2D eigenvalue weighted by Gasteiger charge is -2.01. The Labute approximate surface area is 87.4 Å². The molecule has 4 heteroatoms. The molecule has 0 bridgehead atoms.